The van der Waals surface area contributed by atoms with Gasteiger partial charge in [0.1, 0.15) is 11.4 Å². The van der Waals surface area contributed by atoms with Crippen molar-refractivity contribution in [3.05, 3.63) is 35.7 Å². The predicted octanol–water partition coefficient (Wildman–Crippen LogP) is -0.781. The van der Waals surface area contributed by atoms with Crippen molar-refractivity contribution in [1.29, 1.82) is 0 Å². The number of ether oxygens (including phenoxy) is 1. The first-order valence-electron chi connectivity index (χ1n) is 9.12. The Hall–Kier alpha value is -2.99. The molecule has 0 spiro atoms. The largest absolute Gasteiger partial charge is 0.480 e. The van der Waals surface area contributed by atoms with E-state index in [-0.39, 0.29) is 12.1 Å². The molecular formula is C18H22N4O7S. The Morgan fingerprint density at radius 3 is 2.70 bits per heavy atom. The topological polar surface area (TPSA) is 155 Å². The third-order valence-corrected chi connectivity index (χ3v) is 7.87. The molecule has 3 N–H and O–H groups in total. The zero-order valence-electron chi connectivity index (χ0n) is 16.4. The zero-order chi connectivity index (χ0) is 22.1. The van der Waals surface area contributed by atoms with Crippen molar-refractivity contribution < 1.29 is 32.6 Å². The highest BCUT2D eigenvalue weighted by Crippen LogP contribution is 2.49. The molecule has 3 heterocycles. The minimum atomic E-state index is -4.23. The van der Waals surface area contributed by atoms with Gasteiger partial charge in [-0.25, -0.2) is 18.0 Å². The number of aromatic nitrogens is 1. The quantitative estimate of drug-likeness (QED) is 0.282. The molecule has 2 aliphatic heterocycles. The number of sulfone groups is 1. The monoisotopic (exact) mass is 438 g/mol. The maximum Gasteiger partial charge on any atom is 0.407 e. The van der Waals surface area contributed by atoms with Gasteiger partial charge in [0.25, 0.3) is 5.91 Å². The molecule has 1 aromatic heterocycles. The van der Waals surface area contributed by atoms with E-state index < -0.39 is 50.6 Å². The average Bonchev–Trinajstić information content (AvgIpc) is 2.87. The third-order valence-electron chi connectivity index (χ3n) is 5.16. The molecule has 11 nitrogen and oxygen atoms in total. The van der Waals surface area contributed by atoms with E-state index in [0.29, 0.717) is 12.2 Å². The van der Waals surface area contributed by atoms with Gasteiger partial charge >= 0.3 is 12.1 Å². The van der Waals surface area contributed by atoms with Crippen LogP contribution >= 0.6 is 0 Å². The lowest BCUT2D eigenvalue weighted by molar-refractivity contribution is -0.153. The van der Waals surface area contributed by atoms with Crippen LogP contribution in [0.3, 0.4) is 0 Å². The molecule has 3 atom stereocenters. The second-order valence-corrected chi connectivity index (χ2v) is 9.59. The summed E-state index contributed by atoms with van der Waals surface area (Å²) in [7, 11) is -2.55. The minimum absolute atomic E-state index is 0.0675. The van der Waals surface area contributed by atoms with Crippen LogP contribution < -0.4 is 10.6 Å². The van der Waals surface area contributed by atoms with E-state index in [4.69, 9.17) is 4.74 Å². The Labute approximate surface area is 173 Å². The van der Waals surface area contributed by atoms with Gasteiger partial charge in [-0.2, -0.15) is 0 Å². The molecule has 1 aromatic rings. The maximum absolute atomic E-state index is 13.3. The molecule has 0 aromatic carbocycles. The van der Waals surface area contributed by atoms with Crippen LogP contribution in [0, 0.1) is 0 Å². The van der Waals surface area contributed by atoms with Crippen molar-refractivity contribution in [3.8, 4) is 0 Å². The van der Waals surface area contributed by atoms with Gasteiger partial charge in [0.2, 0.25) is 0 Å². The van der Waals surface area contributed by atoms with E-state index in [1.54, 1.807) is 25.2 Å². The third kappa shape index (κ3) is 3.41. The Morgan fingerprint density at radius 1 is 1.37 bits per heavy atom. The first-order valence-corrected chi connectivity index (χ1v) is 10.7. The number of β-lactam (4-membered cyclic amide) rings is 1. The molecule has 162 valence electrons. The van der Waals surface area contributed by atoms with Crippen LogP contribution in [0.1, 0.15) is 12.6 Å². The Bertz CT molecular complexity index is 995. The lowest BCUT2D eigenvalue weighted by Crippen LogP contribution is -2.59. The van der Waals surface area contributed by atoms with Gasteiger partial charge in [-0.15, -0.1) is 0 Å². The number of nitrogens with zero attached hydrogens (tertiary/aromatic N) is 2. The number of hydrogen-bond acceptors (Lipinski definition) is 8. The number of aliphatic carboxylic acids is 1. The summed E-state index contributed by atoms with van der Waals surface area (Å²) < 4.78 is 29.5. The number of carbonyl (C=O) groups is 3. The Balaban J connectivity index is 1.89. The summed E-state index contributed by atoms with van der Waals surface area (Å²) in [6.45, 7) is 1.17. The molecular weight excluding hydrogens is 416 g/mol. The molecule has 2 saturated heterocycles. The number of nitrogens with one attached hydrogen (secondary N) is 2. The highest BCUT2D eigenvalue weighted by atomic mass is 32.2. The van der Waals surface area contributed by atoms with Crippen molar-refractivity contribution in [2.24, 2.45) is 0 Å². The number of likely N-dealkylation sites (N-methyl/N-ethyl adjacent to an activating group) is 1. The number of amides is 2. The maximum atomic E-state index is 13.3. The first-order chi connectivity index (χ1) is 14.1. The van der Waals surface area contributed by atoms with E-state index in [9.17, 15) is 27.9 Å². The molecule has 0 aliphatic carbocycles. The van der Waals surface area contributed by atoms with Crippen molar-refractivity contribution in [3.63, 3.8) is 0 Å². The van der Waals surface area contributed by atoms with Crippen LogP contribution in [-0.4, -0.2) is 84.3 Å². The van der Waals surface area contributed by atoms with Crippen LogP contribution in [0.4, 0.5) is 4.79 Å². The molecule has 0 radical (unpaired) electrons. The van der Waals surface area contributed by atoms with E-state index in [2.05, 4.69) is 15.6 Å². The highest BCUT2D eigenvalue weighted by molar-refractivity contribution is 7.94. The molecule has 12 heteroatoms. The molecule has 2 aliphatic rings. The lowest BCUT2D eigenvalue weighted by atomic mass is 9.94. The van der Waals surface area contributed by atoms with Crippen molar-refractivity contribution in [2.75, 3.05) is 26.7 Å². The van der Waals surface area contributed by atoms with Crippen LogP contribution in [0.2, 0.25) is 0 Å². The molecule has 30 heavy (non-hydrogen) atoms. The number of pyridine rings is 1. The second-order valence-electron chi connectivity index (χ2n) is 7.12. The fourth-order valence-electron chi connectivity index (χ4n) is 3.56. The molecule has 0 unspecified atom stereocenters. The van der Waals surface area contributed by atoms with Gasteiger partial charge in [0, 0.05) is 19.3 Å². The van der Waals surface area contributed by atoms with Gasteiger partial charge < -0.3 is 25.4 Å². The van der Waals surface area contributed by atoms with Gasteiger partial charge in [0.15, 0.2) is 21.3 Å². The van der Waals surface area contributed by atoms with Crippen LogP contribution in [0.15, 0.2) is 30.0 Å². The Morgan fingerprint density at radius 2 is 2.10 bits per heavy atom. The summed E-state index contributed by atoms with van der Waals surface area (Å²) in [5.74, 6) is -2.20. The fraction of sp³-hybridized carbons (Fsp3) is 0.444. The minimum Gasteiger partial charge on any atom is -0.480 e. The normalized spacial score (nSPS) is 28.0. The summed E-state index contributed by atoms with van der Waals surface area (Å²) in [5, 5.41) is 13.5. The summed E-state index contributed by atoms with van der Waals surface area (Å²) in [6, 6.07) is 3.25. The molecule has 2 fully saturated rings. The SMILES string of the molecule is CNCCNC(=O)OC[C@@]1(C)[C@H](C(=O)O)N2C(=O)/C(=C/c3ccccn3)[C@H]2S1(=O)=O. The van der Waals surface area contributed by atoms with Gasteiger partial charge in [-0.1, -0.05) is 6.07 Å². The van der Waals surface area contributed by atoms with Crippen LogP contribution in [0.25, 0.3) is 6.08 Å². The van der Waals surface area contributed by atoms with Gasteiger partial charge in [0.05, 0.1) is 11.3 Å². The molecule has 3 rings (SSSR count). The standard InChI is InChI=1S/C18H22N4O7S/c1-18(10-29-17(26)21-8-7-19-2)13(16(24)25)22-14(23)12(15(22)30(18,27)28)9-11-5-3-4-6-20-11/h3-6,9,13,15,19H,7-8,10H2,1-2H3,(H,21,26)(H,24,25)/b12-9-/t13-,15+,18-/m0/s1. The number of carboxylic acid groups (broad SMARTS) is 1. The number of carbonyl (C=O) groups excluding carboxylic acids is 2. The van der Waals surface area contributed by atoms with Crippen LogP contribution in [-0.2, 0) is 24.2 Å². The Kier molecular flexibility index (Phi) is 5.81. The summed E-state index contributed by atoms with van der Waals surface area (Å²) in [4.78, 5) is 41.2. The number of rotatable bonds is 7. The van der Waals surface area contributed by atoms with E-state index in [1.165, 1.54) is 19.2 Å². The average molecular weight is 438 g/mol. The fourth-order valence-corrected chi connectivity index (χ4v) is 5.84. The lowest BCUT2D eigenvalue weighted by Gasteiger charge is -2.37. The molecule has 0 bridgehead atoms. The number of fused-ring (bicyclic) bond motifs is 1. The number of alkyl carbamates (subject to hydrolysis) is 1. The van der Waals surface area contributed by atoms with Gasteiger partial charge in [-0.05, 0) is 32.2 Å². The summed E-state index contributed by atoms with van der Waals surface area (Å²) >= 11 is 0. The van der Waals surface area contributed by atoms with Gasteiger partial charge in [-0.3, -0.25) is 9.78 Å². The zero-order valence-corrected chi connectivity index (χ0v) is 17.2. The van der Waals surface area contributed by atoms with E-state index in [0.717, 1.165) is 4.90 Å². The van der Waals surface area contributed by atoms with Crippen molar-refractivity contribution >= 4 is 33.9 Å². The number of carboxylic acids is 1. The summed E-state index contributed by atoms with van der Waals surface area (Å²) in [6.07, 6.45) is 1.94. The predicted molar refractivity (Wildman–Crippen MR) is 105 cm³/mol. The molecule has 2 amide bonds. The van der Waals surface area contributed by atoms with Crippen molar-refractivity contribution in [1.82, 2.24) is 20.5 Å². The van der Waals surface area contributed by atoms with Crippen molar-refractivity contribution in [2.45, 2.75) is 23.1 Å². The first kappa shape index (κ1) is 21.7. The van der Waals surface area contributed by atoms with Crippen LogP contribution in [0.5, 0.6) is 0 Å². The number of hydrogen-bond donors (Lipinski definition) is 3. The smallest absolute Gasteiger partial charge is 0.407 e. The second kappa shape index (κ2) is 8.03. The highest BCUT2D eigenvalue weighted by Gasteiger charge is 2.72. The van der Waals surface area contributed by atoms with E-state index >= 15 is 0 Å². The summed E-state index contributed by atoms with van der Waals surface area (Å²) in [5.41, 5.74) is 0.304. The molecule has 0 saturated carbocycles. The van der Waals surface area contributed by atoms with E-state index in [1.807, 2.05) is 0 Å².